The largest absolute Gasteiger partial charge is 0.379 e. The molecule has 4 rings (SSSR count). The quantitative estimate of drug-likeness (QED) is 0.692. The summed E-state index contributed by atoms with van der Waals surface area (Å²) >= 11 is 0. The number of amides is 1. The number of nitrogens with one attached hydrogen (secondary N) is 1. The molecular weight excluding hydrogens is 368 g/mol. The van der Waals surface area contributed by atoms with Crippen molar-refractivity contribution in [1.29, 1.82) is 0 Å². The molecule has 150 valence electrons. The maximum absolute atomic E-state index is 12.3. The van der Waals surface area contributed by atoms with Gasteiger partial charge in [-0.3, -0.25) is 9.69 Å². The van der Waals surface area contributed by atoms with Crippen molar-refractivity contribution in [2.75, 3.05) is 31.6 Å². The molecule has 0 unspecified atom stereocenters. The molecule has 8 nitrogen and oxygen atoms in total. The van der Waals surface area contributed by atoms with Gasteiger partial charge in [-0.1, -0.05) is 42.0 Å². The van der Waals surface area contributed by atoms with Crippen LogP contribution in [0.1, 0.15) is 11.1 Å². The molecule has 2 heterocycles. The smallest absolute Gasteiger partial charge is 0.248 e. The summed E-state index contributed by atoms with van der Waals surface area (Å²) in [6.45, 7) is 6.40. The Bertz CT molecular complexity index is 946. The van der Waals surface area contributed by atoms with Gasteiger partial charge in [0.25, 0.3) is 0 Å². The van der Waals surface area contributed by atoms with Crippen LogP contribution in [0, 0.1) is 6.92 Å². The highest BCUT2D eigenvalue weighted by Crippen LogP contribution is 2.15. The van der Waals surface area contributed by atoms with E-state index in [1.54, 1.807) is 0 Å². The van der Waals surface area contributed by atoms with E-state index >= 15 is 0 Å². The van der Waals surface area contributed by atoms with E-state index in [-0.39, 0.29) is 12.5 Å². The van der Waals surface area contributed by atoms with Gasteiger partial charge >= 0.3 is 0 Å². The van der Waals surface area contributed by atoms with Crippen molar-refractivity contribution in [2.24, 2.45) is 0 Å². The number of nitrogens with zero attached hydrogens (tertiary/aromatic N) is 5. The fourth-order valence-electron chi connectivity index (χ4n) is 3.17. The van der Waals surface area contributed by atoms with Crippen LogP contribution < -0.4 is 5.32 Å². The second-order valence-electron chi connectivity index (χ2n) is 7.14. The molecule has 2 aromatic carbocycles. The number of hydrogen-bond donors (Lipinski definition) is 1. The van der Waals surface area contributed by atoms with Gasteiger partial charge in [-0.15, -0.1) is 10.2 Å². The van der Waals surface area contributed by atoms with E-state index in [0.717, 1.165) is 49.7 Å². The molecule has 1 saturated heterocycles. The molecule has 8 heteroatoms. The van der Waals surface area contributed by atoms with Gasteiger partial charge < -0.3 is 10.1 Å². The molecule has 1 amide bonds. The number of hydrogen-bond acceptors (Lipinski definition) is 6. The lowest BCUT2D eigenvalue weighted by Gasteiger charge is -2.26. The molecule has 1 aromatic heterocycles. The van der Waals surface area contributed by atoms with E-state index in [9.17, 15) is 4.79 Å². The van der Waals surface area contributed by atoms with E-state index < -0.39 is 0 Å². The van der Waals surface area contributed by atoms with Crippen LogP contribution in [0.5, 0.6) is 0 Å². The van der Waals surface area contributed by atoms with Crippen molar-refractivity contribution in [2.45, 2.75) is 20.0 Å². The minimum atomic E-state index is -0.196. The van der Waals surface area contributed by atoms with Crippen LogP contribution in [0.25, 0.3) is 11.4 Å². The number of benzene rings is 2. The van der Waals surface area contributed by atoms with E-state index in [1.165, 1.54) is 10.4 Å². The Hall–Kier alpha value is -3.10. The Morgan fingerprint density at radius 1 is 1.07 bits per heavy atom. The summed E-state index contributed by atoms with van der Waals surface area (Å²) in [5, 5.41) is 15.2. The summed E-state index contributed by atoms with van der Waals surface area (Å²) in [5.41, 5.74) is 4.00. The van der Waals surface area contributed by atoms with E-state index in [2.05, 4.69) is 25.6 Å². The minimum Gasteiger partial charge on any atom is -0.379 e. The number of ether oxygens (including phenoxy) is 1. The summed E-state index contributed by atoms with van der Waals surface area (Å²) < 4.78 is 5.37. The monoisotopic (exact) mass is 392 g/mol. The van der Waals surface area contributed by atoms with Crippen molar-refractivity contribution >= 4 is 11.6 Å². The van der Waals surface area contributed by atoms with Crippen LogP contribution in [0.3, 0.4) is 0 Å². The first-order valence-corrected chi connectivity index (χ1v) is 9.69. The Balaban J connectivity index is 1.31. The highest BCUT2D eigenvalue weighted by molar-refractivity contribution is 5.90. The van der Waals surface area contributed by atoms with Gasteiger partial charge in [0.05, 0.1) is 13.2 Å². The van der Waals surface area contributed by atoms with Gasteiger partial charge in [0.2, 0.25) is 11.7 Å². The second kappa shape index (κ2) is 8.93. The predicted molar refractivity (Wildman–Crippen MR) is 109 cm³/mol. The summed E-state index contributed by atoms with van der Waals surface area (Å²) in [7, 11) is 0. The molecule has 0 saturated carbocycles. The van der Waals surface area contributed by atoms with Gasteiger partial charge in [-0.25, -0.2) is 0 Å². The lowest BCUT2D eigenvalue weighted by atomic mass is 10.1. The molecule has 0 spiro atoms. The fourth-order valence-corrected chi connectivity index (χ4v) is 3.17. The SMILES string of the molecule is Cc1ccc(-c2nnn(CC(=O)Nc3ccc(CN4CCOCC4)cc3)n2)cc1. The number of carbonyl (C=O) groups is 1. The van der Waals surface area contributed by atoms with Crippen LogP contribution in [0.15, 0.2) is 48.5 Å². The summed E-state index contributed by atoms with van der Waals surface area (Å²) in [6, 6.07) is 15.8. The molecule has 3 aromatic rings. The Morgan fingerprint density at radius 2 is 1.79 bits per heavy atom. The Labute approximate surface area is 169 Å². The van der Waals surface area contributed by atoms with Gasteiger partial charge in [0, 0.05) is 30.9 Å². The van der Waals surface area contributed by atoms with Crippen molar-refractivity contribution in [1.82, 2.24) is 25.1 Å². The molecule has 1 aliphatic heterocycles. The number of morpholine rings is 1. The van der Waals surface area contributed by atoms with Gasteiger partial charge in [-0.05, 0) is 29.8 Å². The van der Waals surface area contributed by atoms with Crippen LogP contribution in [-0.2, 0) is 22.6 Å². The summed E-state index contributed by atoms with van der Waals surface area (Å²) in [6.07, 6.45) is 0. The number of aromatic nitrogens is 4. The van der Waals surface area contributed by atoms with Gasteiger partial charge in [-0.2, -0.15) is 4.80 Å². The summed E-state index contributed by atoms with van der Waals surface area (Å²) in [5.74, 6) is 0.309. The molecule has 0 atom stereocenters. The lowest BCUT2D eigenvalue weighted by molar-refractivity contribution is -0.117. The maximum Gasteiger partial charge on any atom is 0.248 e. The highest BCUT2D eigenvalue weighted by atomic mass is 16.5. The molecule has 0 bridgehead atoms. The minimum absolute atomic E-state index is 0.00832. The maximum atomic E-state index is 12.3. The zero-order chi connectivity index (χ0) is 20.1. The highest BCUT2D eigenvalue weighted by Gasteiger charge is 2.12. The Kier molecular flexibility index (Phi) is 5.92. The van der Waals surface area contributed by atoms with Crippen LogP contribution >= 0.6 is 0 Å². The van der Waals surface area contributed by atoms with Crippen LogP contribution in [-0.4, -0.2) is 57.3 Å². The van der Waals surface area contributed by atoms with Crippen LogP contribution in [0.2, 0.25) is 0 Å². The van der Waals surface area contributed by atoms with Crippen LogP contribution in [0.4, 0.5) is 5.69 Å². The number of tetrazole rings is 1. The summed E-state index contributed by atoms with van der Waals surface area (Å²) in [4.78, 5) is 16.0. The number of anilines is 1. The van der Waals surface area contributed by atoms with Crippen molar-refractivity contribution < 1.29 is 9.53 Å². The molecular formula is C21H24N6O2. The molecule has 1 N–H and O–H groups in total. The fraction of sp³-hybridized carbons (Fsp3) is 0.333. The van der Waals surface area contributed by atoms with E-state index in [0.29, 0.717) is 5.82 Å². The second-order valence-corrected chi connectivity index (χ2v) is 7.14. The average Bonchev–Trinajstić information content (AvgIpc) is 3.19. The molecule has 0 aliphatic carbocycles. The van der Waals surface area contributed by atoms with Crippen molar-refractivity contribution in [3.63, 3.8) is 0 Å². The van der Waals surface area contributed by atoms with Crippen molar-refractivity contribution in [3.05, 3.63) is 59.7 Å². The predicted octanol–water partition coefficient (Wildman–Crippen LogP) is 2.12. The number of carbonyl (C=O) groups excluding carboxylic acids is 1. The lowest BCUT2D eigenvalue weighted by Crippen LogP contribution is -2.35. The first-order chi connectivity index (χ1) is 14.2. The molecule has 0 radical (unpaired) electrons. The third-order valence-corrected chi connectivity index (χ3v) is 4.80. The van der Waals surface area contributed by atoms with Gasteiger partial charge in [0.15, 0.2) is 0 Å². The Morgan fingerprint density at radius 3 is 2.52 bits per heavy atom. The third kappa shape index (κ3) is 5.24. The molecule has 1 fully saturated rings. The van der Waals surface area contributed by atoms with E-state index in [1.807, 2.05) is 55.5 Å². The standard InChI is InChI=1S/C21H24N6O2/c1-16-2-6-18(7-3-16)21-23-25-27(24-21)15-20(28)22-19-8-4-17(5-9-19)14-26-10-12-29-13-11-26/h2-9H,10-15H2,1H3,(H,22,28). The average molecular weight is 392 g/mol. The first-order valence-electron chi connectivity index (χ1n) is 9.69. The number of rotatable bonds is 6. The molecule has 1 aliphatic rings. The normalized spacial score (nSPS) is 14.7. The zero-order valence-corrected chi connectivity index (χ0v) is 16.4. The van der Waals surface area contributed by atoms with E-state index in [4.69, 9.17) is 4.74 Å². The third-order valence-electron chi connectivity index (χ3n) is 4.80. The van der Waals surface area contributed by atoms with Crippen molar-refractivity contribution in [3.8, 4) is 11.4 Å². The first kappa shape index (κ1) is 19.2. The molecule has 29 heavy (non-hydrogen) atoms. The van der Waals surface area contributed by atoms with Gasteiger partial charge in [0.1, 0.15) is 6.54 Å². The number of aryl methyl sites for hydroxylation is 1. The zero-order valence-electron chi connectivity index (χ0n) is 16.4. The topological polar surface area (TPSA) is 85.2 Å².